The van der Waals surface area contributed by atoms with E-state index in [1.807, 2.05) is 12.2 Å². The van der Waals surface area contributed by atoms with Crippen molar-refractivity contribution in [2.75, 3.05) is 6.54 Å². The maximum Gasteiger partial charge on any atom is 0.408 e. The fraction of sp³-hybridized carbons (Fsp3) is 0.500. The minimum atomic E-state index is -3.94. The maximum atomic E-state index is 14.6. The van der Waals surface area contributed by atoms with Gasteiger partial charge in [0.1, 0.15) is 52.5 Å². The molecular weight excluding hydrogens is 776 g/mol. The predicted octanol–water partition coefficient (Wildman–Crippen LogP) is 5.02. The van der Waals surface area contributed by atoms with Crippen molar-refractivity contribution in [3.63, 3.8) is 0 Å². The van der Waals surface area contributed by atoms with Gasteiger partial charge in [0.2, 0.25) is 27.4 Å². The molecule has 0 radical (unpaired) electrons. The van der Waals surface area contributed by atoms with Crippen molar-refractivity contribution >= 4 is 55.9 Å². The number of nitrogens with zero attached hydrogens (tertiary/aromatic N) is 3. The monoisotopic (exact) mass is 820 g/mol. The lowest BCUT2D eigenvalue weighted by atomic mass is 10.0. The number of halogens is 1. The molecule has 3 aromatic heterocycles. The second-order valence-corrected chi connectivity index (χ2v) is 18.4. The standard InChI is InChI=1S/C40H45FN6O10S/c1-39(2,3)57-38(51)42-28-10-8-6-4-5-7-9-23-19-40(23,37(50)46-58(52,53)26-12-13-26)45-34(48)29-18-25(20-47(29)36(28)49)55-35-32-31(27-17-24(41)11-14-30(27)56-32)43-33(44-35)22-15-16-54-21-22/h7,9,11,14-17,21,23,25-26,28-29H,4-6,8,10,12-13,18-20H2,1-3H3,(H,42,51)(H,45,48)(H,46,50)/b9-7-/t23-,25-,28+,29+,40-/m1/s1. The van der Waals surface area contributed by atoms with E-state index in [0.29, 0.717) is 42.2 Å². The van der Waals surface area contributed by atoms with Crippen LogP contribution in [0, 0.1) is 11.7 Å². The average Bonchev–Trinajstić information content (AvgIpc) is 3.95. The summed E-state index contributed by atoms with van der Waals surface area (Å²) in [6.45, 7) is 4.96. The lowest BCUT2D eigenvalue weighted by Crippen LogP contribution is -2.58. The van der Waals surface area contributed by atoms with Crippen LogP contribution in [0.1, 0.15) is 78.6 Å². The molecule has 4 amide bonds. The van der Waals surface area contributed by atoms with E-state index in [1.54, 1.807) is 26.8 Å². The quantitative estimate of drug-likeness (QED) is 0.210. The van der Waals surface area contributed by atoms with Gasteiger partial charge in [0, 0.05) is 17.7 Å². The van der Waals surface area contributed by atoms with Gasteiger partial charge in [0.25, 0.3) is 11.8 Å². The Morgan fingerprint density at radius 1 is 1.09 bits per heavy atom. The second kappa shape index (κ2) is 15.0. The van der Waals surface area contributed by atoms with Crippen LogP contribution in [0.15, 0.2) is 57.8 Å². The predicted molar refractivity (Wildman–Crippen MR) is 206 cm³/mol. The number of alkyl carbamates (subject to hydrolysis) is 1. The zero-order chi connectivity index (χ0) is 41.0. The number of allylic oxidation sites excluding steroid dienone is 1. The lowest BCUT2D eigenvalue weighted by molar-refractivity contribution is -0.141. The number of ether oxygens (including phenoxy) is 2. The van der Waals surface area contributed by atoms with E-state index in [2.05, 4.69) is 25.3 Å². The highest BCUT2D eigenvalue weighted by Gasteiger charge is 2.62. The Balaban J connectivity index is 1.14. The van der Waals surface area contributed by atoms with E-state index in [4.69, 9.17) is 18.3 Å². The summed E-state index contributed by atoms with van der Waals surface area (Å²) in [6.07, 6.45) is 8.84. The van der Waals surface area contributed by atoms with Gasteiger partial charge in [-0.2, -0.15) is 4.98 Å². The van der Waals surface area contributed by atoms with Crippen LogP contribution >= 0.6 is 0 Å². The molecule has 0 unspecified atom stereocenters. The molecule has 2 aliphatic carbocycles. The number of amides is 4. The van der Waals surface area contributed by atoms with E-state index in [1.165, 1.54) is 35.6 Å². The Morgan fingerprint density at radius 3 is 2.64 bits per heavy atom. The molecule has 5 heterocycles. The van der Waals surface area contributed by atoms with Crippen LogP contribution in [-0.4, -0.2) is 88.2 Å². The minimum absolute atomic E-state index is 0.0321. The van der Waals surface area contributed by atoms with Crippen molar-refractivity contribution in [2.45, 2.75) is 113 Å². The molecule has 16 nitrogen and oxygen atoms in total. The van der Waals surface area contributed by atoms with Crippen LogP contribution < -0.4 is 20.1 Å². The summed E-state index contributed by atoms with van der Waals surface area (Å²) in [5, 5.41) is 5.27. The maximum absolute atomic E-state index is 14.6. The summed E-state index contributed by atoms with van der Waals surface area (Å²) < 4.78 is 65.8. The number of benzene rings is 1. The van der Waals surface area contributed by atoms with Gasteiger partial charge in [0.15, 0.2) is 5.82 Å². The number of aromatic nitrogens is 2. The molecule has 1 saturated heterocycles. The number of furan rings is 2. The van der Waals surface area contributed by atoms with Crippen LogP contribution in [-0.2, 0) is 29.1 Å². The van der Waals surface area contributed by atoms with E-state index >= 15 is 0 Å². The molecule has 58 heavy (non-hydrogen) atoms. The Morgan fingerprint density at radius 2 is 1.90 bits per heavy atom. The van der Waals surface area contributed by atoms with Crippen molar-refractivity contribution in [3.05, 3.63) is 54.8 Å². The van der Waals surface area contributed by atoms with Crippen LogP contribution in [0.2, 0.25) is 0 Å². The minimum Gasteiger partial charge on any atom is -0.472 e. The van der Waals surface area contributed by atoms with Crippen molar-refractivity contribution in [2.24, 2.45) is 5.92 Å². The number of nitrogens with one attached hydrogen (secondary N) is 3. The average molecular weight is 821 g/mol. The number of hydrogen-bond acceptors (Lipinski definition) is 12. The third-order valence-corrected chi connectivity index (χ3v) is 12.7. The molecule has 8 rings (SSSR count). The lowest BCUT2D eigenvalue weighted by Gasteiger charge is -2.30. The van der Waals surface area contributed by atoms with Crippen molar-refractivity contribution in [1.29, 1.82) is 0 Å². The van der Waals surface area contributed by atoms with Crippen molar-refractivity contribution < 1.29 is 50.3 Å². The summed E-state index contributed by atoms with van der Waals surface area (Å²) in [6, 6.07) is 3.33. The Kier molecular flexibility index (Phi) is 10.2. The third-order valence-electron chi connectivity index (χ3n) is 10.8. The summed E-state index contributed by atoms with van der Waals surface area (Å²) in [4.78, 5) is 66.5. The molecular formula is C40H45FN6O10S. The van der Waals surface area contributed by atoms with Gasteiger partial charge >= 0.3 is 6.09 Å². The SMILES string of the molecule is CC(C)(C)OC(=O)N[C@H]1CCCCC/C=C\[C@@H]2C[C@@]2(C(=O)NS(=O)(=O)C2CC2)NC(=O)[C@@H]2C[C@@H](Oc3nc(-c4ccoc4)nc4c3oc3ccc(F)cc34)CN2C1=O. The number of sulfonamides is 1. The van der Waals surface area contributed by atoms with E-state index in [0.717, 1.165) is 12.8 Å². The number of rotatable bonds is 7. The first-order valence-electron chi connectivity index (χ1n) is 19.5. The van der Waals surface area contributed by atoms with Gasteiger partial charge in [-0.05, 0) is 83.6 Å². The van der Waals surface area contributed by atoms with Gasteiger partial charge in [-0.25, -0.2) is 22.6 Å². The van der Waals surface area contributed by atoms with Crippen LogP contribution in [0.25, 0.3) is 33.5 Å². The molecule has 308 valence electrons. The van der Waals surface area contributed by atoms with Gasteiger partial charge in [-0.3, -0.25) is 19.1 Å². The first-order chi connectivity index (χ1) is 27.6. The molecule has 1 aromatic carbocycles. The van der Waals surface area contributed by atoms with Gasteiger partial charge < -0.3 is 33.8 Å². The summed E-state index contributed by atoms with van der Waals surface area (Å²) >= 11 is 0. The highest BCUT2D eigenvalue weighted by atomic mass is 32.2. The van der Waals surface area contributed by atoms with Gasteiger partial charge in [-0.1, -0.05) is 25.0 Å². The number of carbonyl (C=O) groups is 4. The molecule has 5 atom stereocenters. The highest BCUT2D eigenvalue weighted by Crippen LogP contribution is 2.46. The highest BCUT2D eigenvalue weighted by molar-refractivity contribution is 7.91. The van der Waals surface area contributed by atoms with E-state index in [9.17, 15) is 32.0 Å². The fourth-order valence-corrected chi connectivity index (χ4v) is 9.01. The Hall–Kier alpha value is -5.52. The topological polar surface area (TPSA) is 212 Å². The summed E-state index contributed by atoms with van der Waals surface area (Å²) in [7, 11) is -3.94. The smallest absolute Gasteiger partial charge is 0.408 e. The molecule has 4 aromatic rings. The molecule has 3 N–H and O–H groups in total. The number of carbonyl (C=O) groups excluding carboxylic acids is 4. The molecule has 0 spiro atoms. The van der Waals surface area contributed by atoms with Crippen LogP contribution in [0.3, 0.4) is 0 Å². The Bertz CT molecular complexity index is 2410. The molecule has 4 aliphatic rings. The molecule has 3 fully saturated rings. The number of fused-ring (bicyclic) bond motifs is 5. The zero-order valence-corrected chi connectivity index (χ0v) is 33.1. The molecule has 0 bridgehead atoms. The second-order valence-electron chi connectivity index (χ2n) is 16.5. The molecule has 18 heteroatoms. The first kappa shape index (κ1) is 39.3. The number of hydrogen-bond donors (Lipinski definition) is 3. The first-order valence-corrected chi connectivity index (χ1v) is 21.1. The van der Waals surface area contributed by atoms with Crippen molar-refractivity contribution in [3.8, 4) is 17.3 Å². The van der Waals surface area contributed by atoms with Crippen LogP contribution in [0.5, 0.6) is 5.88 Å². The largest absolute Gasteiger partial charge is 0.472 e. The molecule has 2 aliphatic heterocycles. The van der Waals surface area contributed by atoms with E-state index in [-0.39, 0.29) is 48.6 Å². The van der Waals surface area contributed by atoms with Gasteiger partial charge in [-0.15, -0.1) is 0 Å². The molecule has 2 saturated carbocycles. The van der Waals surface area contributed by atoms with Crippen molar-refractivity contribution in [1.82, 2.24) is 30.2 Å². The summed E-state index contributed by atoms with van der Waals surface area (Å²) in [5.74, 6) is -2.95. The fourth-order valence-electron chi connectivity index (χ4n) is 7.65. The van der Waals surface area contributed by atoms with Gasteiger partial charge in [0.05, 0.1) is 23.6 Å². The summed E-state index contributed by atoms with van der Waals surface area (Å²) in [5.41, 5.74) is -1.22. The van der Waals surface area contributed by atoms with E-state index < -0.39 is 80.2 Å². The van der Waals surface area contributed by atoms with Crippen LogP contribution in [0.4, 0.5) is 9.18 Å². The normalized spacial score (nSPS) is 26.2. The third kappa shape index (κ3) is 8.11. The Labute approximate surface area is 333 Å². The zero-order valence-electron chi connectivity index (χ0n) is 32.3.